The highest BCUT2D eigenvalue weighted by atomic mass is 32.2. The van der Waals surface area contributed by atoms with E-state index in [2.05, 4.69) is 5.32 Å². The van der Waals surface area contributed by atoms with Crippen LogP contribution >= 0.6 is 0 Å². The molecular formula is C11H15NO4S. The summed E-state index contributed by atoms with van der Waals surface area (Å²) in [6.07, 6.45) is 0. The van der Waals surface area contributed by atoms with Gasteiger partial charge in [0.25, 0.3) is 10.1 Å². The quantitative estimate of drug-likeness (QED) is 0.793. The van der Waals surface area contributed by atoms with Crippen molar-refractivity contribution in [2.45, 2.75) is 25.7 Å². The molecule has 5 nitrogen and oxygen atoms in total. The van der Waals surface area contributed by atoms with E-state index in [1.54, 1.807) is 26.8 Å². The molecule has 0 radical (unpaired) electrons. The zero-order valence-electron chi connectivity index (χ0n) is 9.89. The van der Waals surface area contributed by atoms with Crippen LogP contribution in [0.25, 0.3) is 0 Å². The second-order valence-corrected chi connectivity index (χ2v) is 6.07. The van der Waals surface area contributed by atoms with Crippen molar-refractivity contribution in [2.75, 3.05) is 5.32 Å². The van der Waals surface area contributed by atoms with Gasteiger partial charge >= 0.3 is 0 Å². The summed E-state index contributed by atoms with van der Waals surface area (Å²) >= 11 is 0. The molecule has 0 saturated heterocycles. The summed E-state index contributed by atoms with van der Waals surface area (Å²) in [5, 5.41) is 2.48. The van der Waals surface area contributed by atoms with Crippen molar-refractivity contribution in [3.63, 3.8) is 0 Å². The van der Waals surface area contributed by atoms with Crippen LogP contribution in [-0.4, -0.2) is 18.9 Å². The highest BCUT2D eigenvalue weighted by molar-refractivity contribution is 7.86. The number of carbonyl (C=O) groups is 1. The number of amides is 1. The van der Waals surface area contributed by atoms with Crippen LogP contribution < -0.4 is 5.32 Å². The van der Waals surface area contributed by atoms with Gasteiger partial charge in [-0.2, -0.15) is 8.42 Å². The van der Waals surface area contributed by atoms with Crippen LogP contribution in [0.2, 0.25) is 0 Å². The van der Waals surface area contributed by atoms with Crippen LogP contribution in [0.5, 0.6) is 0 Å². The first-order chi connectivity index (χ1) is 7.62. The fraction of sp³-hybridized carbons (Fsp3) is 0.364. The van der Waals surface area contributed by atoms with E-state index >= 15 is 0 Å². The average Bonchev–Trinajstić information content (AvgIpc) is 2.15. The molecule has 0 unspecified atom stereocenters. The van der Waals surface area contributed by atoms with Crippen molar-refractivity contribution < 1.29 is 17.8 Å². The predicted molar refractivity (Wildman–Crippen MR) is 64.3 cm³/mol. The van der Waals surface area contributed by atoms with E-state index in [9.17, 15) is 13.2 Å². The molecule has 1 amide bonds. The minimum atomic E-state index is -4.34. The second kappa shape index (κ2) is 4.46. The van der Waals surface area contributed by atoms with E-state index in [4.69, 9.17) is 4.55 Å². The third kappa shape index (κ3) is 3.54. The smallest absolute Gasteiger partial charge is 0.296 e. The zero-order chi connectivity index (χ0) is 13.3. The summed E-state index contributed by atoms with van der Waals surface area (Å²) < 4.78 is 31.2. The molecule has 0 aliphatic heterocycles. The van der Waals surface area contributed by atoms with E-state index in [1.165, 1.54) is 18.2 Å². The standard InChI is InChI=1S/C11H15NO4S/c1-11(2,3)10(13)12-8-6-4-5-7-9(8)17(14,15)16/h4-7H,1-3H3,(H,12,13)(H,14,15,16). The maximum absolute atomic E-state index is 11.7. The van der Waals surface area contributed by atoms with E-state index in [1.807, 2.05) is 0 Å². The molecule has 1 aromatic carbocycles. The Labute approximate surface area is 101 Å². The first-order valence-corrected chi connectivity index (χ1v) is 6.44. The molecule has 0 saturated carbocycles. The Balaban J connectivity index is 3.13. The van der Waals surface area contributed by atoms with Gasteiger partial charge in [0.1, 0.15) is 4.90 Å². The molecule has 0 bridgehead atoms. The van der Waals surface area contributed by atoms with Gasteiger partial charge < -0.3 is 5.32 Å². The number of hydrogen-bond acceptors (Lipinski definition) is 3. The van der Waals surface area contributed by atoms with Gasteiger partial charge in [-0.3, -0.25) is 9.35 Å². The number of carbonyl (C=O) groups excluding carboxylic acids is 1. The van der Waals surface area contributed by atoms with E-state index in [0.29, 0.717) is 0 Å². The first kappa shape index (κ1) is 13.7. The van der Waals surface area contributed by atoms with Gasteiger partial charge in [-0.05, 0) is 12.1 Å². The molecular weight excluding hydrogens is 242 g/mol. The predicted octanol–water partition coefficient (Wildman–Crippen LogP) is 1.92. The van der Waals surface area contributed by atoms with Crippen LogP contribution in [0.4, 0.5) is 5.69 Å². The average molecular weight is 257 g/mol. The normalized spacial score (nSPS) is 12.2. The summed E-state index contributed by atoms with van der Waals surface area (Å²) in [4.78, 5) is 11.4. The maximum atomic E-state index is 11.7. The summed E-state index contributed by atoms with van der Waals surface area (Å²) in [5.74, 6) is -0.325. The summed E-state index contributed by atoms with van der Waals surface area (Å²) in [5.41, 5.74) is -0.568. The van der Waals surface area contributed by atoms with Gasteiger partial charge in [0.15, 0.2) is 0 Å². The Hall–Kier alpha value is -1.40. The number of rotatable bonds is 2. The topological polar surface area (TPSA) is 83.5 Å². The SMILES string of the molecule is CC(C)(C)C(=O)Nc1ccccc1S(=O)(=O)O. The van der Waals surface area contributed by atoms with Gasteiger partial charge in [0, 0.05) is 5.41 Å². The molecule has 1 rings (SSSR count). The van der Waals surface area contributed by atoms with Gasteiger partial charge in [-0.25, -0.2) is 0 Å². The molecule has 0 atom stereocenters. The van der Waals surface area contributed by atoms with Crippen LogP contribution in [0.1, 0.15) is 20.8 Å². The summed E-state index contributed by atoms with van der Waals surface area (Å²) in [7, 11) is -4.34. The Morgan fingerprint density at radius 1 is 1.24 bits per heavy atom. The zero-order valence-corrected chi connectivity index (χ0v) is 10.7. The molecule has 0 fully saturated rings. The molecule has 17 heavy (non-hydrogen) atoms. The molecule has 0 aliphatic carbocycles. The lowest BCUT2D eigenvalue weighted by Gasteiger charge is -2.18. The van der Waals surface area contributed by atoms with Gasteiger partial charge in [-0.15, -0.1) is 0 Å². The minimum absolute atomic E-state index is 0.0786. The van der Waals surface area contributed by atoms with E-state index in [0.717, 1.165) is 0 Å². The Morgan fingerprint density at radius 2 is 1.76 bits per heavy atom. The molecule has 94 valence electrons. The van der Waals surface area contributed by atoms with Gasteiger partial charge in [0.2, 0.25) is 5.91 Å². The van der Waals surface area contributed by atoms with Crippen molar-refractivity contribution in [3.05, 3.63) is 24.3 Å². The van der Waals surface area contributed by atoms with Crippen molar-refractivity contribution in [3.8, 4) is 0 Å². The molecule has 0 heterocycles. The van der Waals surface area contributed by atoms with Crippen molar-refractivity contribution in [2.24, 2.45) is 5.41 Å². The van der Waals surface area contributed by atoms with Crippen LogP contribution in [-0.2, 0) is 14.9 Å². The fourth-order valence-corrected chi connectivity index (χ4v) is 1.75. The monoisotopic (exact) mass is 257 g/mol. The van der Waals surface area contributed by atoms with Crippen molar-refractivity contribution in [1.82, 2.24) is 0 Å². The van der Waals surface area contributed by atoms with Crippen molar-refractivity contribution >= 4 is 21.7 Å². The second-order valence-electron chi connectivity index (χ2n) is 4.68. The van der Waals surface area contributed by atoms with Crippen LogP contribution in [0, 0.1) is 5.41 Å². The Morgan fingerprint density at radius 3 is 2.24 bits per heavy atom. The first-order valence-electron chi connectivity index (χ1n) is 5.00. The van der Waals surface area contributed by atoms with Gasteiger partial charge in [0.05, 0.1) is 5.69 Å². The number of hydrogen-bond donors (Lipinski definition) is 2. The molecule has 0 spiro atoms. The third-order valence-corrected chi connectivity index (χ3v) is 3.01. The summed E-state index contributed by atoms with van der Waals surface area (Å²) in [6, 6.07) is 5.70. The lowest BCUT2D eigenvalue weighted by Crippen LogP contribution is -2.28. The molecule has 0 aromatic heterocycles. The van der Waals surface area contributed by atoms with Gasteiger partial charge in [-0.1, -0.05) is 32.9 Å². The van der Waals surface area contributed by atoms with E-state index < -0.39 is 15.5 Å². The van der Waals surface area contributed by atoms with E-state index in [-0.39, 0.29) is 16.5 Å². The largest absolute Gasteiger partial charge is 0.324 e. The maximum Gasteiger partial charge on any atom is 0.296 e. The lowest BCUT2D eigenvalue weighted by atomic mass is 9.95. The Kier molecular flexibility index (Phi) is 3.59. The lowest BCUT2D eigenvalue weighted by molar-refractivity contribution is -0.123. The highest BCUT2D eigenvalue weighted by Gasteiger charge is 2.23. The molecule has 0 aliphatic rings. The summed E-state index contributed by atoms with van der Waals surface area (Å²) in [6.45, 7) is 5.12. The number of anilines is 1. The van der Waals surface area contributed by atoms with Crippen LogP contribution in [0.3, 0.4) is 0 Å². The number of para-hydroxylation sites is 1. The minimum Gasteiger partial charge on any atom is -0.324 e. The Bertz CT molecular complexity index is 529. The number of nitrogens with one attached hydrogen (secondary N) is 1. The fourth-order valence-electron chi connectivity index (χ4n) is 1.10. The van der Waals surface area contributed by atoms with Crippen LogP contribution in [0.15, 0.2) is 29.2 Å². The number of benzene rings is 1. The molecule has 2 N–H and O–H groups in total. The third-order valence-electron chi connectivity index (χ3n) is 2.09. The molecule has 1 aromatic rings. The van der Waals surface area contributed by atoms with Crippen molar-refractivity contribution in [1.29, 1.82) is 0 Å². The highest BCUT2D eigenvalue weighted by Crippen LogP contribution is 2.23. The molecule has 6 heteroatoms.